The molecule has 5 heteroatoms. The Hall–Kier alpha value is -7.63. The summed E-state index contributed by atoms with van der Waals surface area (Å²) in [5.41, 5.74) is 9.01. The minimum Gasteiger partial charge on any atom is -0.307 e. The molecular formula is C51H33N5. The number of hydrogen-bond donors (Lipinski definition) is 0. The SMILES string of the molecule is [2H]c1c([2H])c([2H])c(-c2cccc(-n3c4ccccc4c4ccc5c6ccccc6n(-c6nc(-c7ccccc7)nc(-c7ccc(-c8ccccc8)cc7)n6)c5c43)c2)c([2H])c1[2H]. The summed E-state index contributed by atoms with van der Waals surface area (Å²) in [6.07, 6.45) is 0. The third-order valence-electron chi connectivity index (χ3n) is 10.5. The van der Waals surface area contributed by atoms with Gasteiger partial charge in [-0.1, -0.05) is 176 Å². The second-order valence-corrected chi connectivity index (χ2v) is 13.7. The van der Waals surface area contributed by atoms with E-state index < -0.39 is 6.04 Å². The first kappa shape index (κ1) is 27.0. The minimum absolute atomic E-state index is 0.149. The van der Waals surface area contributed by atoms with Crippen LogP contribution in [0.4, 0.5) is 0 Å². The number of rotatable bonds is 6. The highest BCUT2D eigenvalue weighted by molar-refractivity contribution is 6.23. The lowest BCUT2D eigenvalue weighted by Crippen LogP contribution is -2.07. The van der Waals surface area contributed by atoms with Crippen LogP contribution in [-0.2, 0) is 0 Å². The van der Waals surface area contributed by atoms with Crippen LogP contribution in [0.3, 0.4) is 0 Å². The van der Waals surface area contributed by atoms with Crippen LogP contribution >= 0.6 is 0 Å². The summed E-state index contributed by atoms with van der Waals surface area (Å²) in [6, 6.07) is 55.3. The predicted molar refractivity (Wildman–Crippen MR) is 230 cm³/mol. The van der Waals surface area contributed by atoms with Crippen molar-refractivity contribution in [2.24, 2.45) is 0 Å². The molecule has 0 aliphatic carbocycles. The summed E-state index contributed by atoms with van der Waals surface area (Å²) in [5, 5.41) is 4.07. The molecule has 0 N–H and O–H groups in total. The van der Waals surface area contributed by atoms with Crippen molar-refractivity contribution >= 4 is 43.6 Å². The smallest absolute Gasteiger partial charge is 0.238 e. The average Bonchev–Trinajstić information content (AvgIpc) is 3.84. The van der Waals surface area contributed by atoms with Gasteiger partial charge in [0.1, 0.15) is 0 Å². The van der Waals surface area contributed by atoms with Crippen molar-refractivity contribution in [3.05, 3.63) is 200 Å². The van der Waals surface area contributed by atoms with Crippen molar-refractivity contribution in [2.75, 3.05) is 0 Å². The Kier molecular flexibility index (Phi) is 6.29. The Balaban J connectivity index is 1.21. The topological polar surface area (TPSA) is 48.5 Å². The van der Waals surface area contributed by atoms with Crippen molar-refractivity contribution in [1.82, 2.24) is 24.1 Å². The molecule has 0 aliphatic rings. The molecule has 5 nitrogen and oxygen atoms in total. The summed E-state index contributed by atoms with van der Waals surface area (Å²) in [6.45, 7) is 0. The van der Waals surface area contributed by atoms with E-state index in [1.54, 1.807) is 6.07 Å². The second-order valence-electron chi connectivity index (χ2n) is 13.7. The van der Waals surface area contributed by atoms with Gasteiger partial charge in [0.15, 0.2) is 11.6 Å². The molecule has 0 spiro atoms. The Morgan fingerprint density at radius 2 is 0.857 bits per heavy atom. The van der Waals surface area contributed by atoms with E-state index >= 15 is 0 Å². The minimum atomic E-state index is -0.423. The second kappa shape index (κ2) is 13.0. The zero-order valence-corrected chi connectivity index (χ0v) is 29.9. The van der Waals surface area contributed by atoms with Crippen LogP contribution in [0.2, 0.25) is 0 Å². The van der Waals surface area contributed by atoms with Gasteiger partial charge in [-0.15, -0.1) is 0 Å². The maximum atomic E-state index is 8.78. The maximum Gasteiger partial charge on any atom is 0.238 e. The van der Waals surface area contributed by atoms with Gasteiger partial charge in [0.2, 0.25) is 5.95 Å². The van der Waals surface area contributed by atoms with Gasteiger partial charge in [0, 0.05) is 38.4 Å². The highest BCUT2D eigenvalue weighted by Crippen LogP contribution is 2.42. The molecule has 3 aromatic heterocycles. The average molecular weight is 721 g/mol. The highest BCUT2D eigenvalue weighted by Gasteiger charge is 2.23. The fraction of sp³-hybridized carbons (Fsp3) is 0. The fourth-order valence-electron chi connectivity index (χ4n) is 7.92. The van der Waals surface area contributed by atoms with Gasteiger partial charge in [-0.2, -0.15) is 9.97 Å². The van der Waals surface area contributed by atoms with Crippen molar-refractivity contribution in [1.29, 1.82) is 0 Å². The van der Waals surface area contributed by atoms with E-state index in [0.717, 1.165) is 71.6 Å². The lowest BCUT2D eigenvalue weighted by Gasteiger charge is -2.14. The van der Waals surface area contributed by atoms with Gasteiger partial charge in [-0.25, -0.2) is 4.98 Å². The van der Waals surface area contributed by atoms with Crippen LogP contribution in [0.5, 0.6) is 0 Å². The first-order chi connectivity index (χ1) is 29.9. The zero-order valence-electron chi connectivity index (χ0n) is 34.9. The molecule has 0 aliphatic heterocycles. The maximum absolute atomic E-state index is 8.78. The normalized spacial score (nSPS) is 12.8. The largest absolute Gasteiger partial charge is 0.307 e. The van der Waals surface area contributed by atoms with E-state index in [1.807, 2.05) is 91.0 Å². The number of aromatic nitrogens is 5. The van der Waals surface area contributed by atoms with E-state index in [1.165, 1.54) is 0 Å². The summed E-state index contributed by atoms with van der Waals surface area (Å²) < 4.78 is 46.9. The van der Waals surface area contributed by atoms with E-state index in [9.17, 15) is 0 Å². The number of benzene rings is 8. The van der Waals surface area contributed by atoms with Gasteiger partial charge in [-0.3, -0.25) is 4.57 Å². The molecule has 11 rings (SSSR count). The summed E-state index contributed by atoms with van der Waals surface area (Å²) in [5.74, 6) is 1.53. The summed E-state index contributed by atoms with van der Waals surface area (Å²) in [4.78, 5) is 15.6. The predicted octanol–water partition coefficient (Wildman–Crippen LogP) is 12.7. The summed E-state index contributed by atoms with van der Waals surface area (Å²) in [7, 11) is 0. The molecule has 8 aromatic carbocycles. The monoisotopic (exact) mass is 720 g/mol. The van der Waals surface area contributed by atoms with E-state index in [4.69, 9.17) is 21.8 Å². The molecule has 0 amide bonds. The van der Waals surface area contributed by atoms with Crippen LogP contribution in [0.1, 0.15) is 6.85 Å². The number of para-hydroxylation sites is 2. The molecule has 262 valence electrons. The quantitative estimate of drug-likeness (QED) is 0.172. The van der Waals surface area contributed by atoms with Crippen LogP contribution in [0.15, 0.2) is 200 Å². The molecule has 0 saturated carbocycles. The summed E-state index contributed by atoms with van der Waals surface area (Å²) >= 11 is 0. The van der Waals surface area contributed by atoms with E-state index in [0.29, 0.717) is 23.2 Å². The Morgan fingerprint density at radius 1 is 0.357 bits per heavy atom. The molecule has 0 bridgehead atoms. The zero-order chi connectivity index (χ0) is 41.4. The molecular weight excluding hydrogens is 683 g/mol. The third kappa shape index (κ3) is 5.21. The van der Waals surface area contributed by atoms with Crippen molar-refractivity contribution in [3.63, 3.8) is 0 Å². The van der Waals surface area contributed by atoms with Gasteiger partial charge < -0.3 is 4.57 Å². The Bertz CT molecular complexity index is 3500. The molecule has 0 unspecified atom stereocenters. The highest BCUT2D eigenvalue weighted by atomic mass is 15.2. The Morgan fingerprint density at radius 3 is 1.52 bits per heavy atom. The first-order valence-corrected chi connectivity index (χ1v) is 18.5. The van der Waals surface area contributed by atoms with Crippen LogP contribution < -0.4 is 0 Å². The Labute approximate surface area is 330 Å². The molecule has 56 heavy (non-hydrogen) atoms. The van der Waals surface area contributed by atoms with Crippen molar-refractivity contribution in [2.45, 2.75) is 0 Å². The lowest BCUT2D eigenvalue weighted by atomic mass is 10.0. The third-order valence-corrected chi connectivity index (χ3v) is 10.5. The van der Waals surface area contributed by atoms with Gasteiger partial charge in [0.05, 0.1) is 28.9 Å². The van der Waals surface area contributed by atoms with Crippen molar-refractivity contribution < 1.29 is 6.85 Å². The van der Waals surface area contributed by atoms with E-state index in [-0.39, 0.29) is 29.7 Å². The first-order valence-electron chi connectivity index (χ1n) is 21.0. The standard InChI is InChI=1S/C51H33N5/c1-4-15-34(16-5-1)36-27-29-38(30-28-36)50-52-49(37-19-8-3-9-20-37)53-51(54-50)56-46-26-13-11-24-42(46)44-32-31-43-41-23-10-12-25-45(41)55(47(43)48(44)56)40-22-14-21-39(33-40)35-17-6-2-7-18-35/h1-33H/i2D,6D,7D,17D,18D. The number of hydrogen-bond acceptors (Lipinski definition) is 3. The van der Waals surface area contributed by atoms with Crippen LogP contribution in [0, 0.1) is 0 Å². The van der Waals surface area contributed by atoms with Gasteiger partial charge in [-0.05, 0) is 46.5 Å². The molecule has 0 atom stereocenters. The molecule has 0 saturated heterocycles. The molecule has 3 heterocycles. The molecule has 11 aromatic rings. The number of fused-ring (bicyclic) bond motifs is 7. The van der Waals surface area contributed by atoms with Gasteiger partial charge in [0.25, 0.3) is 0 Å². The molecule has 0 radical (unpaired) electrons. The fourth-order valence-corrected chi connectivity index (χ4v) is 7.92. The number of nitrogens with zero attached hydrogens (tertiary/aromatic N) is 5. The molecule has 0 fully saturated rings. The van der Waals surface area contributed by atoms with Crippen LogP contribution in [0.25, 0.3) is 100 Å². The van der Waals surface area contributed by atoms with Crippen molar-refractivity contribution in [3.8, 4) is 56.7 Å². The lowest BCUT2D eigenvalue weighted by molar-refractivity contribution is 0.953. The van der Waals surface area contributed by atoms with E-state index in [2.05, 4.69) is 81.9 Å². The van der Waals surface area contributed by atoms with Gasteiger partial charge >= 0.3 is 0 Å². The van der Waals surface area contributed by atoms with Crippen LogP contribution in [-0.4, -0.2) is 24.1 Å².